The molecule has 0 N–H and O–H groups in total. The fourth-order valence-corrected chi connectivity index (χ4v) is 1.17. The third kappa shape index (κ3) is 7.65. The predicted octanol–water partition coefficient (Wildman–Crippen LogP) is 3.26. The number of ether oxygens (including phenoxy) is 2. The fraction of sp³-hybridized carbons (Fsp3) is 0.733. The molecule has 0 heterocycles. The van der Waals surface area contributed by atoms with E-state index in [2.05, 4.69) is 0 Å². The van der Waals surface area contributed by atoms with E-state index < -0.39 is 11.4 Å². The molecule has 110 valence electrons. The van der Waals surface area contributed by atoms with E-state index in [-0.39, 0.29) is 12.6 Å². The van der Waals surface area contributed by atoms with Crippen LogP contribution in [0.3, 0.4) is 0 Å². The second-order valence-electron chi connectivity index (χ2n) is 5.48. The SMILES string of the molecule is CCCC=C(COC(=O)C(C)(C)C)C(=O)OCCC. The van der Waals surface area contributed by atoms with Gasteiger partial charge in [-0.05, 0) is 33.6 Å². The molecule has 0 amide bonds. The third-order valence-corrected chi connectivity index (χ3v) is 2.35. The van der Waals surface area contributed by atoms with E-state index in [4.69, 9.17) is 9.47 Å². The zero-order chi connectivity index (χ0) is 14.9. The molecule has 4 nitrogen and oxygen atoms in total. The minimum absolute atomic E-state index is 0.0152. The van der Waals surface area contributed by atoms with Gasteiger partial charge in [-0.15, -0.1) is 0 Å². The van der Waals surface area contributed by atoms with E-state index in [0.29, 0.717) is 12.2 Å². The Kier molecular flexibility index (Phi) is 8.12. The molecule has 0 rings (SSSR count). The van der Waals surface area contributed by atoms with Crippen molar-refractivity contribution in [3.63, 3.8) is 0 Å². The molecule has 0 aromatic heterocycles. The second-order valence-corrected chi connectivity index (χ2v) is 5.48. The van der Waals surface area contributed by atoms with Crippen LogP contribution in [0.5, 0.6) is 0 Å². The van der Waals surface area contributed by atoms with Gasteiger partial charge < -0.3 is 9.47 Å². The maximum atomic E-state index is 11.8. The first-order chi connectivity index (χ1) is 8.82. The maximum absolute atomic E-state index is 11.8. The minimum atomic E-state index is -0.566. The van der Waals surface area contributed by atoms with Crippen molar-refractivity contribution in [1.29, 1.82) is 0 Å². The minimum Gasteiger partial charge on any atom is -0.462 e. The normalized spacial score (nSPS) is 12.2. The van der Waals surface area contributed by atoms with Crippen molar-refractivity contribution in [3.8, 4) is 0 Å². The topological polar surface area (TPSA) is 52.6 Å². The summed E-state index contributed by atoms with van der Waals surface area (Å²) in [5.74, 6) is -0.713. The summed E-state index contributed by atoms with van der Waals surface area (Å²) < 4.78 is 10.2. The van der Waals surface area contributed by atoms with Crippen molar-refractivity contribution in [2.45, 2.75) is 53.9 Å². The molecule has 0 fully saturated rings. The summed E-state index contributed by atoms with van der Waals surface area (Å²) in [4.78, 5) is 23.5. The van der Waals surface area contributed by atoms with E-state index in [1.807, 2.05) is 13.8 Å². The molecule has 0 radical (unpaired) electrons. The molecule has 0 aromatic carbocycles. The summed E-state index contributed by atoms with van der Waals surface area (Å²) in [6.07, 6.45) is 4.25. The van der Waals surface area contributed by atoms with Gasteiger partial charge >= 0.3 is 11.9 Å². The van der Waals surface area contributed by atoms with Crippen LogP contribution in [0.2, 0.25) is 0 Å². The molecule has 19 heavy (non-hydrogen) atoms. The Bertz CT molecular complexity index is 324. The summed E-state index contributed by atoms with van der Waals surface area (Å²) in [6, 6.07) is 0. The number of hydrogen-bond acceptors (Lipinski definition) is 4. The quantitative estimate of drug-likeness (QED) is 0.526. The molecule has 0 aliphatic carbocycles. The second kappa shape index (κ2) is 8.73. The summed E-state index contributed by atoms with van der Waals surface area (Å²) >= 11 is 0. The number of carbonyl (C=O) groups excluding carboxylic acids is 2. The van der Waals surface area contributed by atoms with Crippen LogP contribution >= 0.6 is 0 Å². The molecular weight excluding hydrogens is 244 g/mol. The zero-order valence-electron chi connectivity index (χ0n) is 12.7. The first-order valence-electron chi connectivity index (χ1n) is 6.86. The molecular formula is C15H26O4. The molecule has 0 aliphatic heterocycles. The van der Waals surface area contributed by atoms with Gasteiger partial charge in [0.25, 0.3) is 0 Å². The maximum Gasteiger partial charge on any atom is 0.337 e. The highest BCUT2D eigenvalue weighted by Gasteiger charge is 2.24. The molecule has 0 atom stereocenters. The fourth-order valence-electron chi connectivity index (χ4n) is 1.17. The zero-order valence-corrected chi connectivity index (χ0v) is 12.7. The molecule has 0 bridgehead atoms. The van der Waals surface area contributed by atoms with Gasteiger partial charge in [-0.25, -0.2) is 4.79 Å². The number of hydrogen-bond donors (Lipinski definition) is 0. The summed E-state index contributed by atoms with van der Waals surface area (Å²) in [6.45, 7) is 9.66. The van der Waals surface area contributed by atoms with E-state index in [9.17, 15) is 9.59 Å². The van der Waals surface area contributed by atoms with Gasteiger partial charge in [0.05, 0.1) is 17.6 Å². The Morgan fingerprint density at radius 3 is 2.16 bits per heavy atom. The van der Waals surface area contributed by atoms with Gasteiger partial charge in [-0.2, -0.15) is 0 Å². The van der Waals surface area contributed by atoms with E-state index in [1.165, 1.54) is 0 Å². The van der Waals surface area contributed by atoms with Crippen molar-refractivity contribution in [3.05, 3.63) is 11.6 Å². The molecule has 4 heteroatoms. The highest BCUT2D eigenvalue weighted by molar-refractivity contribution is 5.89. The first-order valence-corrected chi connectivity index (χ1v) is 6.86. The molecule has 0 spiro atoms. The Morgan fingerprint density at radius 2 is 1.68 bits per heavy atom. The van der Waals surface area contributed by atoms with Crippen molar-refractivity contribution in [1.82, 2.24) is 0 Å². The standard InChI is InChI=1S/C15H26O4/c1-6-8-9-12(13(16)18-10-7-2)11-19-14(17)15(3,4)5/h9H,6-8,10-11H2,1-5H3. The van der Waals surface area contributed by atoms with Gasteiger partial charge in [0, 0.05) is 0 Å². The van der Waals surface area contributed by atoms with Gasteiger partial charge in [-0.3, -0.25) is 4.79 Å². The lowest BCUT2D eigenvalue weighted by molar-refractivity contribution is -0.152. The van der Waals surface area contributed by atoms with Crippen molar-refractivity contribution >= 4 is 11.9 Å². The van der Waals surface area contributed by atoms with Crippen LogP contribution in [0.25, 0.3) is 0 Å². The van der Waals surface area contributed by atoms with Crippen LogP contribution in [0, 0.1) is 5.41 Å². The number of rotatable bonds is 7. The van der Waals surface area contributed by atoms with Gasteiger partial charge in [0.1, 0.15) is 6.61 Å². The van der Waals surface area contributed by atoms with Crippen LogP contribution in [0.15, 0.2) is 11.6 Å². The van der Waals surface area contributed by atoms with Crippen LogP contribution in [-0.4, -0.2) is 25.2 Å². The Balaban J connectivity index is 4.53. The number of carbonyl (C=O) groups is 2. The largest absolute Gasteiger partial charge is 0.462 e. The Morgan fingerprint density at radius 1 is 1.05 bits per heavy atom. The number of esters is 2. The van der Waals surface area contributed by atoms with E-state index >= 15 is 0 Å². The first kappa shape index (κ1) is 17.7. The Hall–Kier alpha value is -1.32. The van der Waals surface area contributed by atoms with E-state index in [1.54, 1.807) is 26.8 Å². The average Bonchev–Trinajstić information content (AvgIpc) is 2.34. The summed E-state index contributed by atoms with van der Waals surface area (Å²) in [7, 11) is 0. The van der Waals surface area contributed by atoms with Gasteiger partial charge in [0.2, 0.25) is 0 Å². The van der Waals surface area contributed by atoms with Crippen molar-refractivity contribution in [2.24, 2.45) is 5.41 Å². The molecule has 0 saturated carbocycles. The lowest BCUT2D eigenvalue weighted by Gasteiger charge is -2.17. The van der Waals surface area contributed by atoms with Gasteiger partial charge in [0.15, 0.2) is 0 Å². The van der Waals surface area contributed by atoms with Crippen LogP contribution in [0.1, 0.15) is 53.9 Å². The smallest absolute Gasteiger partial charge is 0.337 e. The third-order valence-electron chi connectivity index (χ3n) is 2.35. The molecule has 0 aromatic rings. The van der Waals surface area contributed by atoms with Crippen molar-refractivity contribution in [2.75, 3.05) is 13.2 Å². The van der Waals surface area contributed by atoms with Crippen LogP contribution in [-0.2, 0) is 19.1 Å². The van der Waals surface area contributed by atoms with E-state index in [0.717, 1.165) is 19.3 Å². The summed E-state index contributed by atoms with van der Waals surface area (Å²) in [5, 5.41) is 0. The van der Waals surface area contributed by atoms with Crippen LogP contribution in [0.4, 0.5) is 0 Å². The summed E-state index contributed by atoms with van der Waals surface area (Å²) in [5.41, 5.74) is -0.142. The highest BCUT2D eigenvalue weighted by Crippen LogP contribution is 2.16. The highest BCUT2D eigenvalue weighted by atomic mass is 16.5. The van der Waals surface area contributed by atoms with Crippen LogP contribution < -0.4 is 0 Å². The Labute approximate surface area is 116 Å². The monoisotopic (exact) mass is 270 g/mol. The lowest BCUT2D eigenvalue weighted by Crippen LogP contribution is -2.25. The molecule has 0 unspecified atom stereocenters. The molecule has 0 saturated heterocycles. The van der Waals surface area contributed by atoms with Crippen molar-refractivity contribution < 1.29 is 19.1 Å². The predicted molar refractivity (Wildman–Crippen MR) is 74.7 cm³/mol. The number of allylic oxidation sites excluding steroid dienone is 1. The average molecular weight is 270 g/mol. The number of unbranched alkanes of at least 4 members (excludes halogenated alkanes) is 1. The lowest BCUT2D eigenvalue weighted by atomic mass is 9.97. The van der Waals surface area contributed by atoms with Gasteiger partial charge in [-0.1, -0.05) is 26.3 Å². The molecule has 0 aliphatic rings.